The van der Waals surface area contributed by atoms with Crippen LogP contribution in [-0.4, -0.2) is 36.5 Å². The van der Waals surface area contributed by atoms with Gasteiger partial charge in [-0.25, -0.2) is 0 Å². The molecule has 0 aromatic heterocycles. The van der Waals surface area contributed by atoms with Crippen molar-refractivity contribution in [1.29, 1.82) is 0 Å². The van der Waals surface area contributed by atoms with Crippen LogP contribution in [0.5, 0.6) is 0 Å². The molecule has 3 heteroatoms. The molecule has 1 aliphatic carbocycles. The molecule has 3 rings (SSSR count). The predicted octanol–water partition coefficient (Wildman–Crippen LogP) is 2.41. The lowest BCUT2D eigenvalue weighted by Gasteiger charge is -2.44. The Hall–Kier alpha value is -0.570. The van der Waals surface area contributed by atoms with E-state index in [2.05, 4.69) is 24.1 Å². The molecular weight excluding hydrogens is 236 g/mol. The molecule has 0 aromatic carbocycles. The summed E-state index contributed by atoms with van der Waals surface area (Å²) < 4.78 is 0. The molecule has 3 fully saturated rings. The maximum Gasteiger partial charge on any atom is 0.226 e. The second-order valence-corrected chi connectivity index (χ2v) is 7.45. The van der Waals surface area contributed by atoms with Gasteiger partial charge in [-0.1, -0.05) is 26.7 Å². The van der Waals surface area contributed by atoms with Crippen molar-refractivity contribution >= 4 is 5.91 Å². The number of likely N-dealkylation sites (tertiary alicyclic amines) is 1. The smallest absolute Gasteiger partial charge is 0.226 e. The van der Waals surface area contributed by atoms with E-state index in [1.54, 1.807) is 0 Å². The van der Waals surface area contributed by atoms with E-state index in [1.165, 1.54) is 32.1 Å². The number of hydrogen-bond donors (Lipinski definition) is 1. The van der Waals surface area contributed by atoms with Gasteiger partial charge in [0.25, 0.3) is 0 Å². The zero-order chi connectivity index (χ0) is 13.5. The fourth-order valence-corrected chi connectivity index (χ4v) is 4.49. The molecule has 108 valence electrons. The number of hydrogen-bond acceptors (Lipinski definition) is 2. The van der Waals surface area contributed by atoms with Gasteiger partial charge in [-0.2, -0.15) is 0 Å². The van der Waals surface area contributed by atoms with Crippen LogP contribution in [0.3, 0.4) is 0 Å². The van der Waals surface area contributed by atoms with E-state index < -0.39 is 0 Å². The van der Waals surface area contributed by atoms with Gasteiger partial charge in [-0.15, -0.1) is 0 Å². The van der Waals surface area contributed by atoms with Gasteiger partial charge in [0.1, 0.15) is 0 Å². The summed E-state index contributed by atoms with van der Waals surface area (Å²) in [6, 6.07) is 0.485. The minimum atomic E-state index is 0.203. The average molecular weight is 264 g/mol. The van der Waals surface area contributed by atoms with Gasteiger partial charge >= 0.3 is 0 Å². The van der Waals surface area contributed by atoms with Crippen molar-refractivity contribution in [1.82, 2.24) is 10.2 Å². The lowest BCUT2D eigenvalue weighted by molar-refractivity contribution is -0.145. The van der Waals surface area contributed by atoms with E-state index in [0.29, 0.717) is 17.9 Å². The number of piperidine rings is 1. The molecule has 2 aliphatic heterocycles. The van der Waals surface area contributed by atoms with Crippen molar-refractivity contribution in [2.24, 2.45) is 17.3 Å². The van der Waals surface area contributed by atoms with E-state index in [0.717, 1.165) is 26.1 Å². The largest absolute Gasteiger partial charge is 0.338 e. The Balaban J connectivity index is 1.75. The highest BCUT2D eigenvalue weighted by atomic mass is 16.2. The Kier molecular flexibility index (Phi) is 3.59. The molecule has 0 bridgehead atoms. The van der Waals surface area contributed by atoms with Crippen molar-refractivity contribution < 1.29 is 4.79 Å². The third kappa shape index (κ3) is 2.42. The van der Waals surface area contributed by atoms with Gasteiger partial charge in [0, 0.05) is 31.6 Å². The highest BCUT2D eigenvalue weighted by Crippen LogP contribution is 2.42. The van der Waals surface area contributed by atoms with Crippen LogP contribution in [0, 0.1) is 17.3 Å². The van der Waals surface area contributed by atoms with Crippen molar-refractivity contribution in [3.05, 3.63) is 0 Å². The van der Waals surface area contributed by atoms with Crippen molar-refractivity contribution in [3.63, 3.8) is 0 Å². The molecule has 3 atom stereocenters. The van der Waals surface area contributed by atoms with Crippen LogP contribution in [0.1, 0.15) is 52.4 Å². The zero-order valence-electron chi connectivity index (χ0n) is 12.5. The first-order valence-corrected chi connectivity index (χ1v) is 8.11. The van der Waals surface area contributed by atoms with Crippen LogP contribution in [0.4, 0.5) is 0 Å². The molecule has 3 nitrogen and oxygen atoms in total. The summed E-state index contributed by atoms with van der Waals surface area (Å²) >= 11 is 0. The first-order chi connectivity index (χ1) is 9.09. The Morgan fingerprint density at radius 1 is 1.16 bits per heavy atom. The minimum absolute atomic E-state index is 0.203. The SMILES string of the molecule is CC1(C)CCCCC1C(=O)N1CCCC2CNCC21. The van der Waals surface area contributed by atoms with E-state index in [-0.39, 0.29) is 11.3 Å². The number of nitrogens with one attached hydrogen (secondary N) is 1. The van der Waals surface area contributed by atoms with Crippen molar-refractivity contribution in [3.8, 4) is 0 Å². The summed E-state index contributed by atoms with van der Waals surface area (Å²) in [5.74, 6) is 1.44. The number of rotatable bonds is 1. The topological polar surface area (TPSA) is 32.3 Å². The molecule has 1 N–H and O–H groups in total. The fourth-order valence-electron chi connectivity index (χ4n) is 4.49. The normalized spacial score (nSPS) is 38.0. The number of fused-ring (bicyclic) bond motifs is 1. The molecule has 2 heterocycles. The molecule has 2 saturated heterocycles. The predicted molar refractivity (Wildman–Crippen MR) is 76.8 cm³/mol. The van der Waals surface area contributed by atoms with Crippen LogP contribution < -0.4 is 5.32 Å². The monoisotopic (exact) mass is 264 g/mol. The lowest BCUT2D eigenvalue weighted by atomic mass is 9.68. The second kappa shape index (κ2) is 5.08. The molecule has 1 saturated carbocycles. The summed E-state index contributed by atoms with van der Waals surface area (Å²) in [6.07, 6.45) is 7.35. The molecule has 0 aromatic rings. The van der Waals surface area contributed by atoms with E-state index in [1.807, 2.05) is 0 Å². The van der Waals surface area contributed by atoms with Crippen LogP contribution in [0.15, 0.2) is 0 Å². The molecule has 3 aliphatic rings. The van der Waals surface area contributed by atoms with Crippen LogP contribution in [0.2, 0.25) is 0 Å². The number of amides is 1. The van der Waals surface area contributed by atoms with Gasteiger partial charge < -0.3 is 10.2 Å². The average Bonchev–Trinajstić information content (AvgIpc) is 2.85. The maximum atomic E-state index is 13.0. The number of nitrogens with zero attached hydrogens (tertiary/aromatic N) is 1. The second-order valence-electron chi connectivity index (χ2n) is 7.45. The van der Waals surface area contributed by atoms with E-state index in [9.17, 15) is 4.79 Å². The molecule has 0 spiro atoms. The Labute approximate surface area is 117 Å². The Morgan fingerprint density at radius 3 is 2.79 bits per heavy atom. The molecular formula is C16H28N2O. The van der Waals surface area contributed by atoms with Gasteiger partial charge in [0.05, 0.1) is 0 Å². The molecule has 3 unspecified atom stereocenters. The highest BCUT2D eigenvalue weighted by molar-refractivity contribution is 5.80. The number of carbonyl (C=O) groups is 1. The first kappa shape index (κ1) is 13.4. The van der Waals surface area contributed by atoms with Gasteiger partial charge in [-0.05, 0) is 37.0 Å². The Morgan fingerprint density at radius 2 is 2.00 bits per heavy atom. The van der Waals surface area contributed by atoms with Crippen molar-refractivity contribution in [2.45, 2.75) is 58.4 Å². The highest BCUT2D eigenvalue weighted by Gasteiger charge is 2.44. The molecule has 1 amide bonds. The third-order valence-corrected chi connectivity index (χ3v) is 5.77. The lowest BCUT2D eigenvalue weighted by Crippen LogP contribution is -2.53. The van der Waals surface area contributed by atoms with Gasteiger partial charge in [0.15, 0.2) is 0 Å². The third-order valence-electron chi connectivity index (χ3n) is 5.77. The molecule has 19 heavy (non-hydrogen) atoms. The summed E-state index contributed by atoms with van der Waals surface area (Å²) in [5, 5.41) is 3.48. The van der Waals surface area contributed by atoms with E-state index >= 15 is 0 Å². The zero-order valence-corrected chi connectivity index (χ0v) is 12.5. The van der Waals surface area contributed by atoms with Crippen LogP contribution >= 0.6 is 0 Å². The van der Waals surface area contributed by atoms with E-state index in [4.69, 9.17) is 0 Å². The quantitative estimate of drug-likeness (QED) is 0.789. The van der Waals surface area contributed by atoms with Crippen LogP contribution in [-0.2, 0) is 4.79 Å². The minimum Gasteiger partial charge on any atom is -0.338 e. The number of carbonyl (C=O) groups excluding carboxylic acids is 1. The summed E-state index contributed by atoms with van der Waals surface area (Å²) in [4.78, 5) is 15.3. The van der Waals surface area contributed by atoms with Crippen LogP contribution in [0.25, 0.3) is 0 Å². The van der Waals surface area contributed by atoms with Gasteiger partial charge in [0.2, 0.25) is 5.91 Å². The summed E-state index contributed by atoms with van der Waals surface area (Å²) in [6.45, 7) is 7.71. The summed E-state index contributed by atoms with van der Waals surface area (Å²) in [7, 11) is 0. The first-order valence-electron chi connectivity index (χ1n) is 8.11. The standard InChI is InChI=1S/C16H28N2O/c1-16(2)8-4-3-7-13(16)15(19)18-9-5-6-12-10-17-11-14(12)18/h12-14,17H,3-11H2,1-2H3. The Bertz CT molecular complexity index is 353. The maximum absolute atomic E-state index is 13.0. The van der Waals surface area contributed by atoms with Gasteiger partial charge in [-0.3, -0.25) is 4.79 Å². The molecule has 0 radical (unpaired) electrons. The van der Waals surface area contributed by atoms with Crippen molar-refractivity contribution in [2.75, 3.05) is 19.6 Å². The fraction of sp³-hybridized carbons (Fsp3) is 0.938. The summed E-state index contributed by atoms with van der Waals surface area (Å²) in [5.41, 5.74) is 0.203.